The first-order valence-corrected chi connectivity index (χ1v) is 23.0. The lowest BCUT2D eigenvalue weighted by molar-refractivity contribution is -0.111. The molecule has 0 fully saturated rings. The molecule has 0 heterocycles. The van der Waals surface area contributed by atoms with Gasteiger partial charge < -0.3 is 10.0 Å². The van der Waals surface area contributed by atoms with Crippen LogP contribution in [-0.4, -0.2) is 47.7 Å². The smallest absolute Gasteiger partial charge is 0.429 e. The number of fused-ring (bicyclic) bond motifs is 3. The number of benzene rings is 1. The molecule has 1 aromatic carbocycles. The molecule has 3 rings (SSSR count). The number of ketones is 1. The Kier molecular flexibility index (Phi) is 12.0. The van der Waals surface area contributed by atoms with E-state index in [1.165, 1.54) is 76.3 Å². The van der Waals surface area contributed by atoms with Gasteiger partial charge in [-0.25, -0.2) is 0 Å². The summed E-state index contributed by atoms with van der Waals surface area (Å²) in [6.07, 6.45) is 2.27. The molecule has 0 amide bonds. The lowest BCUT2D eigenvalue weighted by Crippen LogP contribution is -2.52. The number of rotatable bonds is 12. The molecule has 0 aliphatic heterocycles. The summed E-state index contributed by atoms with van der Waals surface area (Å²) in [5.41, 5.74) is 5.06. The Bertz CT molecular complexity index is 1050. The molecule has 0 aromatic heterocycles. The van der Waals surface area contributed by atoms with Crippen LogP contribution < -0.4 is 0 Å². The molecule has 2 aliphatic carbocycles. The summed E-state index contributed by atoms with van der Waals surface area (Å²) in [6.45, 7) is 21.9. The molecule has 1 radical (unpaired) electrons. The summed E-state index contributed by atoms with van der Waals surface area (Å²) in [5, 5.41) is 18.9. The third-order valence-electron chi connectivity index (χ3n) is 10.7. The summed E-state index contributed by atoms with van der Waals surface area (Å²) >= 11 is 0. The molecule has 0 atom stereocenters. The van der Waals surface area contributed by atoms with Gasteiger partial charge in [0.05, 0.1) is 24.2 Å². The molecule has 209 valence electrons. The Hall–Kier alpha value is -1.25. The highest BCUT2D eigenvalue weighted by molar-refractivity contribution is 7.00. The van der Waals surface area contributed by atoms with Crippen molar-refractivity contribution in [2.45, 2.75) is 117 Å². The zero-order valence-corrected chi connectivity index (χ0v) is 28.6. The van der Waals surface area contributed by atoms with E-state index in [9.17, 15) is 4.79 Å². The van der Waals surface area contributed by atoms with Gasteiger partial charge in [-0.05, 0) is 28.0 Å². The SMILES string of the molecule is CC[Si](CC)(CC)C1=C2C(=Cc3ccccc32)C(=O)C([Si](CC)(CC)CC)=C1[Si](CC)(CC)CC.O[B]O. The van der Waals surface area contributed by atoms with Crippen molar-refractivity contribution in [2.75, 3.05) is 0 Å². The third kappa shape index (κ3) is 5.26. The standard InChI is InChI=1S/C31H50OSi3.BH2O2/c1-10-33(11-2,12-3)29-27-25-22-20-19-21-24(25)23-26(27)28(32)30(34(13-4,14-5)15-6)31(29)35(16-7,17-8)18-9;2-1-3/h19-23H,10-18H2,1-9H3;2-3H. The van der Waals surface area contributed by atoms with Gasteiger partial charge in [-0.2, -0.15) is 0 Å². The molecule has 0 saturated heterocycles. The van der Waals surface area contributed by atoms with E-state index < -0.39 is 24.2 Å². The average molecular weight is 568 g/mol. The van der Waals surface area contributed by atoms with E-state index in [0.29, 0.717) is 5.78 Å². The Balaban J connectivity index is 0.00000161. The number of allylic oxidation sites excluding steroid dienone is 5. The Morgan fingerprint density at radius 3 is 1.39 bits per heavy atom. The summed E-state index contributed by atoms with van der Waals surface area (Å²) < 4.78 is 0. The first-order chi connectivity index (χ1) is 18.2. The van der Waals surface area contributed by atoms with Crippen molar-refractivity contribution in [3.8, 4) is 0 Å². The van der Waals surface area contributed by atoms with Gasteiger partial charge in [-0.15, -0.1) is 0 Å². The third-order valence-corrected chi connectivity index (χ3v) is 28.0. The van der Waals surface area contributed by atoms with Gasteiger partial charge in [0.25, 0.3) is 0 Å². The van der Waals surface area contributed by atoms with Crippen LogP contribution in [0.1, 0.15) is 73.4 Å². The Morgan fingerprint density at radius 2 is 0.974 bits per heavy atom. The summed E-state index contributed by atoms with van der Waals surface area (Å²) in [7, 11) is -5.55. The molecule has 2 N–H and O–H groups in total. The molecular weight excluding hydrogens is 515 g/mol. The first-order valence-electron chi connectivity index (χ1n) is 15.2. The number of Topliss-reactive ketones (excluding diaryl/α,β-unsaturated/α-hetero) is 1. The highest BCUT2D eigenvalue weighted by Gasteiger charge is 2.53. The van der Waals surface area contributed by atoms with Gasteiger partial charge in [0.2, 0.25) is 0 Å². The van der Waals surface area contributed by atoms with E-state index in [0.717, 1.165) is 5.57 Å². The summed E-state index contributed by atoms with van der Waals surface area (Å²) in [5.74, 6) is 0.436. The van der Waals surface area contributed by atoms with Crippen molar-refractivity contribution < 1.29 is 14.8 Å². The lowest BCUT2D eigenvalue weighted by atomic mass is 9.95. The first kappa shape index (κ1) is 33.0. The van der Waals surface area contributed by atoms with Gasteiger partial charge in [0.15, 0.2) is 5.78 Å². The van der Waals surface area contributed by atoms with E-state index >= 15 is 0 Å². The second kappa shape index (κ2) is 13.9. The molecule has 2 aliphatic rings. The Morgan fingerprint density at radius 1 is 0.605 bits per heavy atom. The Labute approximate surface area is 236 Å². The summed E-state index contributed by atoms with van der Waals surface area (Å²) in [4.78, 5) is 14.9. The predicted octanol–water partition coefficient (Wildman–Crippen LogP) is 8.36. The van der Waals surface area contributed by atoms with E-state index in [1.807, 2.05) is 0 Å². The van der Waals surface area contributed by atoms with Crippen molar-refractivity contribution >= 4 is 49.3 Å². The van der Waals surface area contributed by atoms with Crippen LogP contribution in [0, 0.1) is 0 Å². The zero-order valence-electron chi connectivity index (χ0n) is 25.6. The molecule has 0 unspecified atom stereocenters. The van der Waals surface area contributed by atoms with E-state index in [1.54, 1.807) is 10.4 Å². The number of carbonyl (C=O) groups is 1. The van der Waals surface area contributed by atoms with Crippen LogP contribution in [0.5, 0.6) is 0 Å². The van der Waals surface area contributed by atoms with Crippen LogP contribution >= 0.6 is 0 Å². The maximum absolute atomic E-state index is 14.9. The number of carbonyl (C=O) groups excluding carboxylic acids is 1. The highest BCUT2D eigenvalue weighted by atomic mass is 28.3. The second-order valence-corrected chi connectivity index (χ2v) is 26.7. The topological polar surface area (TPSA) is 57.5 Å². The fourth-order valence-electron chi connectivity index (χ4n) is 7.58. The molecule has 7 heteroatoms. The monoisotopic (exact) mass is 567 g/mol. The molecule has 3 nitrogen and oxygen atoms in total. The molecule has 0 saturated carbocycles. The van der Waals surface area contributed by atoms with Crippen molar-refractivity contribution in [3.05, 3.63) is 56.6 Å². The molecule has 38 heavy (non-hydrogen) atoms. The van der Waals surface area contributed by atoms with E-state index in [-0.39, 0.29) is 7.69 Å². The highest BCUT2D eigenvalue weighted by Crippen LogP contribution is 2.55. The van der Waals surface area contributed by atoms with Crippen LogP contribution in [0.3, 0.4) is 0 Å². The van der Waals surface area contributed by atoms with Crippen LogP contribution in [-0.2, 0) is 4.79 Å². The maximum atomic E-state index is 14.9. The minimum Gasteiger partial charge on any atom is -0.429 e. The largest absolute Gasteiger partial charge is 0.482 e. The second-order valence-electron chi connectivity index (χ2n) is 11.1. The van der Waals surface area contributed by atoms with Gasteiger partial charge in [-0.1, -0.05) is 151 Å². The fourth-order valence-corrected chi connectivity index (χ4v) is 22.6. The van der Waals surface area contributed by atoms with Crippen molar-refractivity contribution in [3.63, 3.8) is 0 Å². The van der Waals surface area contributed by atoms with Crippen LogP contribution in [0.2, 0.25) is 54.4 Å². The normalized spacial score (nSPS) is 15.7. The number of hydrogen-bond donors (Lipinski definition) is 2. The zero-order chi connectivity index (χ0) is 28.7. The van der Waals surface area contributed by atoms with Gasteiger partial charge >= 0.3 is 7.69 Å². The number of hydrogen-bond acceptors (Lipinski definition) is 3. The molecule has 0 spiro atoms. The minimum atomic E-state index is -1.91. The van der Waals surface area contributed by atoms with Crippen LogP contribution in [0.15, 0.2) is 45.4 Å². The van der Waals surface area contributed by atoms with Crippen molar-refractivity contribution in [1.82, 2.24) is 0 Å². The minimum absolute atomic E-state index is 0. The summed E-state index contributed by atoms with van der Waals surface area (Å²) in [6, 6.07) is 20.0. The van der Waals surface area contributed by atoms with Crippen LogP contribution in [0.25, 0.3) is 11.6 Å². The van der Waals surface area contributed by atoms with Gasteiger partial charge in [-0.3, -0.25) is 4.79 Å². The average Bonchev–Trinajstić information content (AvgIpc) is 3.35. The maximum Gasteiger partial charge on any atom is 0.482 e. The van der Waals surface area contributed by atoms with Crippen molar-refractivity contribution in [2.24, 2.45) is 0 Å². The van der Waals surface area contributed by atoms with Crippen molar-refractivity contribution in [1.29, 1.82) is 0 Å². The molecule has 1 aromatic rings. The fraction of sp³-hybridized carbons (Fsp3) is 0.581. The molecule has 0 bridgehead atoms. The van der Waals surface area contributed by atoms with Gasteiger partial charge in [0.1, 0.15) is 0 Å². The predicted molar refractivity (Wildman–Crippen MR) is 175 cm³/mol. The quantitative estimate of drug-likeness (QED) is 0.250. The van der Waals surface area contributed by atoms with E-state index in [2.05, 4.69) is 92.7 Å². The van der Waals surface area contributed by atoms with Crippen LogP contribution in [0.4, 0.5) is 0 Å². The lowest BCUT2D eigenvalue weighted by Gasteiger charge is -2.48. The molecular formula is C31H52BO3Si3. The van der Waals surface area contributed by atoms with Gasteiger partial charge in [0, 0.05) is 5.57 Å². The van der Waals surface area contributed by atoms with E-state index in [4.69, 9.17) is 10.0 Å².